The Morgan fingerprint density at radius 1 is 1.50 bits per heavy atom. The van der Waals surface area contributed by atoms with Crippen LogP contribution in [0.3, 0.4) is 0 Å². The molecule has 1 heterocycles. The van der Waals surface area contributed by atoms with Gasteiger partial charge in [-0.25, -0.2) is 0 Å². The lowest BCUT2D eigenvalue weighted by Gasteiger charge is -2.15. The van der Waals surface area contributed by atoms with Gasteiger partial charge in [-0.1, -0.05) is 0 Å². The summed E-state index contributed by atoms with van der Waals surface area (Å²) in [5, 5.41) is 9.18. The first kappa shape index (κ1) is 16.0. The molecule has 4 N–H and O–H groups in total. The molecule has 0 radical (unpaired) electrons. The number of H-pyrrole nitrogens is 1. The fourth-order valence-corrected chi connectivity index (χ4v) is 1.57. The van der Waals surface area contributed by atoms with Crippen LogP contribution < -0.4 is 11.1 Å². The number of ether oxygens (including phenoxy) is 1. The molecule has 1 aromatic heterocycles. The van der Waals surface area contributed by atoms with Crippen molar-refractivity contribution in [3.05, 3.63) is 11.4 Å². The number of anilines is 1. The Bertz CT molecular complexity index is 472. The van der Waals surface area contributed by atoms with Crippen LogP contribution in [0.4, 0.5) is 5.69 Å². The van der Waals surface area contributed by atoms with Crippen molar-refractivity contribution in [2.75, 3.05) is 39.6 Å². The van der Waals surface area contributed by atoms with Gasteiger partial charge in [0, 0.05) is 27.3 Å². The zero-order chi connectivity index (χ0) is 15.1. The zero-order valence-electron chi connectivity index (χ0n) is 12.0. The van der Waals surface area contributed by atoms with Gasteiger partial charge < -0.3 is 20.7 Å². The van der Waals surface area contributed by atoms with E-state index in [2.05, 4.69) is 15.5 Å². The molecule has 2 amide bonds. The molecular weight excluding hydrogens is 262 g/mol. The van der Waals surface area contributed by atoms with Crippen LogP contribution in [0.2, 0.25) is 0 Å². The zero-order valence-corrected chi connectivity index (χ0v) is 12.0. The number of hydrogen-bond donors (Lipinski definition) is 3. The van der Waals surface area contributed by atoms with Crippen molar-refractivity contribution in [3.63, 3.8) is 0 Å². The van der Waals surface area contributed by atoms with Crippen molar-refractivity contribution in [2.45, 2.75) is 13.3 Å². The minimum Gasteiger partial charge on any atom is -0.395 e. The number of likely N-dealkylation sites (N-methyl/N-ethyl adjacent to an activating group) is 1. The summed E-state index contributed by atoms with van der Waals surface area (Å²) < 4.78 is 4.87. The van der Waals surface area contributed by atoms with Crippen LogP contribution in [0.5, 0.6) is 0 Å². The number of nitrogens with two attached hydrogens (primary N) is 1. The monoisotopic (exact) mass is 283 g/mol. The number of carbonyl (C=O) groups is 2. The number of nitrogen functional groups attached to an aromatic ring is 1. The molecule has 0 spiro atoms. The van der Waals surface area contributed by atoms with Crippen LogP contribution in [0, 0.1) is 6.92 Å². The van der Waals surface area contributed by atoms with Gasteiger partial charge in [-0.15, -0.1) is 0 Å². The Morgan fingerprint density at radius 2 is 2.20 bits per heavy atom. The molecule has 0 saturated heterocycles. The maximum atomic E-state index is 12.1. The van der Waals surface area contributed by atoms with E-state index in [1.54, 1.807) is 14.0 Å². The fraction of sp³-hybridized carbons (Fsp3) is 0.583. The molecule has 0 aliphatic rings. The summed E-state index contributed by atoms with van der Waals surface area (Å²) >= 11 is 0. The molecule has 0 saturated carbocycles. The largest absolute Gasteiger partial charge is 0.395 e. The van der Waals surface area contributed by atoms with Gasteiger partial charge in [-0.3, -0.25) is 14.7 Å². The van der Waals surface area contributed by atoms with Crippen LogP contribution >= 0.6 is 0 Å². The first-order chi connectivity index (χ1) is 9.47. The van der Waals surface area contributed by atoms with Gasteiger partial charge in [0.05, 0.1) is 17.9 Å². The highest BCUT2D eigenvalue weighted by molar-refractivity contribution is 5.99. The third kappa shape index (κ3) is 4.23. The summed E-state index contributed by atoms with van der Waals surface area (Å²) in [4.78, 5) is 25.0. The van der Waals surface area contributed by atoms with E-state index in [0.29, 0.717) is 24.5 Å². The first-order valence-corrected chi connectivity index (χ1v) is 6.29. The van der Waals surface area contributed by atoms with Crippen molar-refractivity contribution >= 4 is 17.5 Å². The second-order valence-electron chi connectivity index (χ2n) is 4.47. The number of aromatic amines is 1. The SMILES string of the molecule is COCCCNC(=O)CN(C)C(=O)c1n[nH]c(C)c1N. The summed E-state index contributed by atoms with van der Waals surface area (Å²) in [5.74, 6) is -0.623. The van der Waals surface area contributed by atoms with E-state index >= 15 is 0 Å². The van der Waals surface area contributed by atoms with Crippen molar-refractivity contribution in [3.8, 4) is 0 Å². The predicted molar refractivity (Wildman–Crippen MR) is 74.2 cm³/mol. The molecule has 0 aromatic carbocycles. The lowest BCUT2D eigenvalue weighted by molar-refractivity contribution is -0.121. The third-order valence-corrected chi connectivity index (χ3v) is 2.77. The maximum Gasteiger partial charge on any atom is 0.276 e. The van der Waals surface area contributed by atoms with Gasteiger partial charge in [-0.2, -0.15) is 5.10 Å². The number of hydrogen-bond acceptors (Lipinski definition) is 5. The molecule has 8 heteroatoms. The molecule has 0 aliphatic heterocycles. The molecule has 112 valence electrons. The van der Waals surface area contributed by atoms with Crippen LogP contribution in [0.1, 0.15) is 22.6 Å². The number of aryl methyl sites for hydroxylation is 1. The Labute approximate surface area is 117 Å². The molecule has 0 atom stereocenters. The highest BCUT2D eigenvalue weighted by atomic mass is 16.5. The quantitative estimate of drug-likeness (QED) is 0.585. The van der Waals surface area contributed by atoms with Gasteiger partial charge in [0.15, 0.2) is 5.69 Å². The smallest absolute Gasteiger partial charge is 0.276 e. The van der Waals surface area contributed by atoms with Gasteiger partial charge in [-0.05, 0) is 13.3 Å². The third-order valence-electron chi connectivity index (χ3n) is 2.77. The van der Waals surface area contributed by atoms with Crippen LogP contribution in [-0.4, -0.2) is 60.8 Å². The van der Waals surface area contributed by atoms with E-state index < -0.39 is 0 Å². The molecule has 0 bridgehead atoms. The van der Waals surface area contributed by atoms with Crippen molar-refractivity contribution in [1.82, 2.24) is 20.4 Å². The number of nitrogens with zero attached hydrogens (tertiary/aromatic N) is 2. The standard InChI is InChI=1S/C12H21N5O3/c1-8-10(13)11(16-15-8)12(19)17(2)7-9(18)14-5-4-6-20-3/h4-7,13H2,1-3H3,(H,14,18)(H,15,16). The number of carbonyl (C=O) groups excluding carboxylic acids is 2. The predicted octanol–water partition coefficient (Wildman–Crippen LogP) is -0.475. The minimum absolute atomic E-state index is 0.0445. The van der Waals surface area contributed by atoms with E-state index in [4.69, 9.17) is 10.5 Å². The van der Waals surface area contributed by atoms with Gasteiger partial charge in [0.25, 0.3) is 5.91 Å². The number of rotatable bonds is 7. The van der Waals surface area contributed by atoms with Crippen molar-refractivity contribution in [2.24, 2.45) is 0 Å². The summed E-state index contributed by atoms with van der Waals surface area (Å²) in [6.07, 6.45) is 0.728. The minimum atomic E-state index is -0.390. The summed E-state index contributed by atoms with van der Waals surface area (Å²) in [6.45, 7) is 2.77. The molecule has 20 heavy (non-hydrogen) atoms. The Kier molecular flexibility index (Phi) is 5.98. The number of nitrogens with one attached hydrogen (secondary N) is 2. The molecule has 0 aliphatic carbocycles. The summed E-state index contributed by atoms with van der Waals surface area (Å²) in [7, 11) is 3.13. The summed E-state index contributed by atoms with van der Waals surface area (Å²) in [5.41, 5.74) is 6.80. The first-order valence-electron chi connectivity index (χ1n) is 6.29. The normalized spacial score (nSPS) is 10.3. The average Bonchev–Trinajstić information content (AvgIpc) is 2.74. The lowest BCUT2D eigenvalue weighted by Crippen LogP contribution is -2.39. The second-order valence-corrected chi connectivity index (χ2v) is 4.47. The molecule has 1 aromatic rings. The van der Waals surface area contributed by atoms with Gasteiger partial charge in [0.1, 0.15) is 0 Å². The van der Waals surface area contributed by atoms with E-state index in [1.807, 2.05) is 0 Å². The summed E-state index contributed by atoms with van der Waals surface area (Å²) in [6, 6.07) is 0. The number of methoxy groups -OCH3 is 1. The average molecular weight is 283 g/mol. The Hall–Kier alpha value is -2.09. The fourth-order valence-electron chi connectivity index (χ4n) is 1.57. The molecule has 0 unspecified atom stereocenters. The Balaban J connectivity index is 2.46. The van der Waals surface area contributed by atoms with Gasteiger partial charge >= 0.3 is 0 Å². The highest BCUT2D eigenvalue weighted by Crippen LogP contribution is 2.13. The topological polar surface area (TPSA) is 113 Å². The van der Waals surface area contributed by atoms with Gasteiger partial charge in [0.2, 0.25) is 5.91 Å². The van der Waals surface area contributed by atoms with Crippen molar-refractivity contribution < 1.29 is 14.3 Å². The van der Waals surface area contributed by atoms with Crippen LogP contribution in [0.25, 0.3) is 0 Å². The van der Waals surface area contributed by atoms with E-state index in [0.717, 1.165) is 6.42 Å². The molecule has 0 fully saturated rings. The Morgan fingerprint density at radius 3 is 2.75 bits per heavy atom. The van der Waals surface area contributed by atoms with Crippen molar-refractivity contribution in [1.29, 1.82) is 0 Å². The lowest BCUT2D eigenvalue weighted by atomic mass is 10.3. The number of aromatic nitrogens is 2. The highest BCUT2D eigenvalue weighted by Gasteiger charge is 2.20. The van der Waals surface area contributed by atoms with Crippen LogP contribution in [-0.2, 0) is 9.53 Å². The molecule has 1 rings (SSSR count). The second kappa shape index (κ2) is 7.49. The molecule has 8 nitrogen and oxygen atoms in total. The van der Waals surface area contributed by atoms with E-state index in [-0.39, 0.29) is 24.1 Å². The maximum absolute atomic E-state index is 12.1. The van der Waals surface area contributed by atoms with E-state index in [1.165, 1.54) is 11.9 Å². The molecular formula is C12H21N5O3. The van der Waals surface area contributed by atoms with E-state index in [9.17, 15) is 9.59 Å². The van der Waals surface area contributed by atoms with Crippen LogP contribution in [0.15, 0.2) is 0 Å². The number of amides is 2.